The van der Waals surface area contributed by atoms with E-state index in [1.165, 1.54) is 4.90 Å². The van der Waals surface area contributed by atoms with Crippen LogP contribution in [-0.4, -0.2) is 64.2 Å². The van der Waals surface area contributed by atoms with Gasteiger partial charge in [-0.05, 0) is 43.9 Å². The molecule has 0 saturated carbocycles. The number of hydrogen-bond acceptors (Lipinski definition) is 7. The van der Waals surface area contributed by atoms with Crippen LogP contribution in [0, 0.1) is 17.2 Å². The first-order chi connectivity index (χ1) is 16.9. The Morgan fingerprint density at radius 1 is 1.17 bits per heavy atom. The van der Waals surface area contributed by atoms with E-state index in [9.17, 15) is 9.59 Å². The number of amides is 2. The Balaban J connectivity index is 1.40. The lowest BCUT2D eigenvalue weighted by Gasteiger charge is -2.30. The number of hydrogen-bond donors (Lipinski definition) is 3. The summed E-state index contributed by atoms with van der Waals surface area (Å²) in [5.41, 5.74) is 2.25. The highest BCUT2D eigenvalue weighted by Crippen LogP contribution is 2.24. The molecule has 184 valence electrons. The van der Waals surface area contributed by atoms with Crippen molar-refractivity contribution in [3.63, 3.8) is 0 Å². The molecule has 2 saturated heterocycles. The number of likely N-dealkylation sites (tertiary alicyclic amines) is 1. The number of anilines is 3. The van der Waals surface area contributed by atoms with Crippen LogP contribution in [0.15, 0.2) is 30.3 Å². The number of carboxylic acid groups (broad SMARTS) is 1. The number of aromatic nitrogens is 2. The highest BCUT2D eigenvalue weighted by atomic mass is 16.4. The normalized spacial score (nSPS) is 18.2. The van der Waals surface area contributed by atoms with Crippen LogP contribution >= 0.6 is 0 Å². The van der Waals surface area contributed by atoms with E-state index in [4.69, 9.17) is 15.4 Å². The molecule has 10 heteroatoms. The minimum atomic E-state index is -0.922. The van der Waals surface area contributed by atoms with Gasteiger partial charge in [0, 0.05) is 55.6 Å². The second-order valence-electron chi connectivity index (χ2n) is 9.09. The summed E-state index contributed by atoms with van der Waals surface area (Å²) in [5, 5.41) is 24.7. The van der Waals surface area contributed by atoms with Gasteiger partial charge in [-0.3, -0.25) is 4.79 Å². The number of aryl methyl sites for hydroxylation is 1. The quantitative estimate of drug-likeness (QED) is 0.554. The summed E-state index contributed by atoms with van der Waals surface area (Å²) in [6.45, 7) is 4.34. The van der Waals surface area contributed by atoms with Crippen molar-refractivity contribution in [2.45, 2.75) is 45.1 Å². The molecule has 2 aliphatic rings. The zero-order valence-electron chi connectivity index (χ0n) is 19.9. The molecule has 2 fully saturated rings. The van der Waals surface area contributed by atoms with Crippen LogP contribution in [0.1, 0.15) is 43.9 Å². The van der Waals surface area contributed by atoms with Gasteiger partial charge >= 0.3 is 6.09 Å². The van der Waals surface area contributed by atoms with Gasteiger partial charge in [0.25, 0.3) is 0 Å². The molecule has 4 rings (SSSR count). The van der Waals surface area contributed by atoms with Gasteiger partial charge in [0.2, 0.25) is 11.9 Å². The Labute approximate surface area is 205 Å². The van der Waals surface area contributed by atoms with E-state index in [2.05, 4.69) is 33.5 Å². The maximum absolute atomic E-state index is 12.8. The van der Waals surface area contributed by atoms with Crippen LogP contribution in [0.4, 0.5) is 22.2 Å². The first kappa shape index (κ1) is 24.3. The third-order valence-corrected chi connectivity index (χ3v) is 6.51. The van der Waals surface area contributed by atoms with E-state index in [1.807, 2.05) is 18.2 Å². The van der Waals surface area contributed by atoms with E-state index in [0.717, 1.165) is 43.0 Å². The molecule has 2 aromatic rings. The summed E-state index contributed by atoms with van der Waals surface area (Å²) < 4.78 is 0. The van der Waals surface area contributed by atoms with Gasteiger partial charge in [-0.25, -0.2) is 9.78 Å². The van der Waals surface area contributed by atoms with Crippen LogP contribution < -0.4 is 15.5 Å². The lowest BCUT2D eigenvalue weighted by molar-refractivity contribution is -0.126. The molecular weight excluding hydrogens is 446 g/mol. The smallest absolute Gasteiger partial charge is 0.407 e. The highest BCUT2D eigenvalue weighted by molar-refractivity contribution is 5.79. The minimum Gasteiger partial charge on any atom is -0.465 e. The first-order valence-electron chi connectivity index (χ1n) is 12.1. The van der Waals surface area contributed by atoms with Crippen LogP contribution in [0.25, 0.3) is 0 Å². The Morgan fingerprint density at radius 2 is 1.97 bits per heavy atom. The van der Waals surface area contributed by atoms with Gasteiger partial charge in [-0.15, -0.1) is 0 Å². The molecule has 0 radical (unpaired) electrons. The zero-order valence-corrected chi connectivity index (χ0v) is 19.9. The summed E-state index contributed by atoms with van der Waals surface area (Å²) in [4.78, 5) is 36.8. The molecule has 0 bridgehead atoms. The standard InChI is InChI=1S/C25H31N7O3/c1-2-4-19-14-22(30-24(28-19)29-20-6-3-5-17(13-20)15-26)32-12-9-21(16-32)27-23(33)18-7-10-31(11-8-18)25(34)35/h3,5-6,13-14,18,21H,2,4,7-12,16H2,1H3,(H,27,33)(H,34,35)(H,28,29,30). The van der Waals surface area contributed by atoms with Crippen LogP contribution in [0.2, 0.25) is 0 Å². The van der Waals surface area contributed by atoms with Crippen LogP contribution in [0.3, 0.4) is 0 Å². The average molecular weight is 478 g/mol. The number of nitrogens with zero attached hydrogens (tertiary/aromatic N) is 5. The van der Waals surface area contributed by atoms with E-state index in [0.29, 0.717) is 44.0 Å². The predicted molar refractivity (Wildman–Crippen MR) is 132 cm³/mol. The molecule has 0 aliphatic carbocycles. The van der Waals surface area contributed by atoms with Crippen molar-refractivity contribution in [3.8, 4) is 6.07 Å². The fraction of sp³-hybridized carbons (Fsp3) is 0.480. The number of nitriles is 1. The Morgan fingerprint density at radius 3 is 2.69 bits per heavy atom. The topological polar surface area (TPSA) is 134 Å². The van der Waals surface area contributed by atoms with E-state index < -0.39 is 6.09 Å². The monoisotopic (exact) mass is 477 g/mol. The SMILES string of the molecule is CCCc1cc(N2CCC(NC(=O)C3CCN(C(=O)O)CC3)C2)nc(Nc2cccc(C#N)c2)n1. The first-order valence-corrected chi connectivity index (χ1v) is 12.1. The molecule has 1 aromatic heterocycles. The van der Waals surface area contributed by atoms with Gasteiger partial charge in [0.05, 0.1) is 11.6 Å². The third kappa shape index (κ3) is 6.18. The zero-order chi connectivity index (χ0) is 24.8. The van der Waals surface area contributed by atoms with E-state index in [1.54, 1.807) is 12.1 Å². The van der Waals surface area contributed by atoms with Crippen LogP contribution in [-0.2, 0) is 11.2 Å². The van der Waals surface area contributed by atoms with Gasteiger partial charge in [0.15, 0.2) is 0 Å². The van der Waals surface area contributed by atoms with Crippen LogP contribution in [0.5, 0.6) is 0 Å². The third-order valence-electron chi connectivity index (χ3n) is 6.51. The fourth-order valence-corrected chi connectivity index (χ4v) is 4.62. The number of piperidine rings is 1. The predicted octanol–water partition coefficient (Wildman–Crippen LogP) is 3.13. The van der Waals surface area contributed by atoms with Crippen molar-refractivity contribution in [2.24, 2.45) is 5.92 Å². The van der Waals surface area contributed by atoms with Crippen molar-refractivity contribution in [1.82, 2.24) is 20.2 Å². The largest absolute Gasteiger partial charge is 0.465 e. The summed E-state index contributed by atoms with van der Waals surface area (Å²) in [5.74, 6) is 1.17. The molecule has 2 amide bonds. The summed E-state index contributed by atoms with van der Waals surface area (Å²) >= 11 is 0. The highest BCUT2D eigenvalue weighted by Gasteiger charge is 2.31. The molecule has 1 unspecified atom stereocenters. The number of carbonyl (C=O) groups is 2. The molecule has 1 aromatic carbocycles. The second-order valence-corrected chi connectivity index (χ2v) is 9.09. The summed E-state index contributed by atoms with van der Waals surface area (Å²) in [7, 11) is 0. The fourth-order valence-electron chi connectivity index (χ4n) is 4.62. The summed E-state index contributed by atoms with van der Waals surface area (Å²) in [6, 6.07) is 11.4. The molecule has 2 aliphatic heterocycles. The van der Waals surface area contributed by atoms with Gasteiger partial charge in [0.1, 0.15) is 5.82 Å². The van der Waals surface area contributed by atoms with Crippen molar-refractivity contribution >= 4 is 29.5 Å². The molecule has 10 nitrogen and oxygen atoms in total. The molecular formula is C25H31N7O3. The lowest BCUT2D eigenvalue weighted by Crippen LogP contribution is -2.45. The maximum Gasteiger partial charge on any atom is 0.407 e. The summed E-state index contributed by atoms with van der Waals surface area (Å²) in [6.07, 6.45) is 2.80. The molecule has 35 heavy (non-hydrogen) atoms. The number of nitrogens with one attached hydrogen (secondary N) is 2. The number of rotatable bonds is 7. The second kappa shape index (κ2) is 11.0. The number of carbonyl (C=O) groups excluding carboxylic acids is 1. The average Bonchev–Trinajstić information content (AvgIpc) is 3.33. The van der Waals surface area contributed by atoms with Crippen molar-refractivity contribution in [2.75, 3.05) is 36.4 Å². The molecule has 3 heterocycles. The van der Waals surface area contributed by atoms with Crippen molar-refractivity contribution in [1.29, 1.82) is 5.26 Å². The van der Waals surface area contributed by atoms with E-state index in [-0.39, 0.29) is 17.9 Å². The van der Waals surface area contributed by atoms with Crippen molar-refractivity contribution < 1.29 is 14.7 Å². The van der Waals surface area contributed by atoms with Gasteiger partial charge in [-0.1, -0.05) is 19.4 Å². The van der Waals surface area contributed by atoms with Crippen molar-refractivity contribution in [3.05, 3.63) is 41.6 Å². The Hall–Kier alpha value is -3.87. The molecule has 3 N–H and O–H groups in total. The number of benzene rings is 1. The van der Waals surface area contributed by atoms with E-state index >= 15 is 0 Å². The van der Waals surface area contributed by atoms with Gasteiger partial charge in [-0.2, -0.15) is 10.2 Å². The minimum absolute atomic E-state index is 0.0102. The van der Waals surface area contributed by atoms with Gasteiger partial charge < -0.3 is 25.5 Å². The Kier molecular flexibility index (Phi) is 7.65. The molecule has 1 atom stereocenters. The Bertz CT molecular complexity index is 1110. The molecule has 0 spiro atoms. The lowest BCUT2D eigenvalue weighted by atomic mass is 9.96. The maximum atomic E-state index is 12.8.